The van der Waals surface area contributed by atoms with Crippen molar-refractivity contribution in [1.29, 1.82) is 0 Å². The molecule has 3 aromatic carbocycles. The summed E-state index contributed by atoms with van der Waals surface area (Å²) in [6.07, 6.45) is -9.74. The number of hydrogen-bond acceptors (Lipinski definition) is 4. The van der Waals surface area contributed by atoms with E-state index >= 15 is 0 Å². The Morgan fingerprint density at radius 1 is 0.667 bits per heavy atom. The number of alkyl halides is 6. The number of aromatic carboxylic acids is 2. The number of para-hydroxylation sites is 1. The van der Waals surface area contributed by atoms with Crippen LogP contribution >= 0.6 is 0 Å². The minimum absolute atomic E-state index is 0.0263. The van der Waals surface area contributed by atoms with E-state index in [4.69, 9.17) is 10.2 Å². The summed E-state index contributed by atoms with van der Waals surface area (Å²) < 4.78 is 127. The fourth-order valence-corrected chi connectivity index (χ4v) is 2.54. The summed E-state index contributed by atoms with van der Waals surface area (Å²) in [6.45, 7) is -0.0263. The van der Waals surface area contributed by atoms with Crippen LogP contribution in [0, 0.1) is 23.3 Å². The van der Waals surface area contributed by atoms with Crippen molar-refractivity contribution in [3.8, 4) is 5.75 Å². The molecule has 0 radical (unpaired) electrons. The van der Waals surface area contributed by atoms with Gasteiger partial charge in [0, 0.05) is 0 Å². The van der Waals surface area contributed by atoms with E-state index in [0.29, 0.717) is 18.2 Å². The van der Waals surface area contributed by atoms with Crippen molar-refractivity contribution in [2.45, 2.75) is 12.4 Å². The molecule has 0 aliphatic carbocycles. The number of carbonyl (C=O) groups is 3. The van der Waals surface area contributed by atoms with Crippen molar-refractivity contribution >= 4 is 18.4 Å². The third kappa shape index (κ3) is 9.01. The van der Waals surface area contributed by atoms with Gasteiger partial charge < -0.3 is 14.9 Å². The van der Waals surface area contributed by atoms with Crippen LogP contribution in [0.3, 0.4) is 0 Å². The first-order chi connectivity index (χ1) is 17.9. The molecule has 39 heavy (non-hydrogen) atoms. The van der Waals surface area contributed by atoms with Gasteiger partial charge in [-0.3, -0.25) is 4.79 Å². The molecule has 0 aliphatic heterocycles. The van der Waals surface area contributed by atoms with Gasteiger partial charge in [-0.2, -0.15) is 26.3 Å². The molecule has 0 aliphatic rings. The quantitative estimate of drug-likeness (QED) is 0.270. The highest BCUT2D eigenvalue weighted by atomic mass is 19.4. The van der Waals surface area contributed by atoms with Crippen LogP contribution in [-0.2, 0) is 17.1 Å². The Bertz CT molecular complexity index is 1320. The van der Waals surface area contributed by atoms with Crippen LogP contribution in [0.4, 0.5) is 43.9 Å². The summed E-state index contributed by atoms with van der Waals surface area (Å²) in [7, 11) is 0. The zero-order valence-corrected chi connectivity index (χ0v) is 18.6. The topological polar surface area (TPSA) is 101 Å². The molecule has 0 spiro atoms. The molecule has 0 amide bonds. The van der Waals surface area contributed by atoms with E-state index in [1.165, 1.54) is 6.07 Å². The normalized spacial score (nSPS) is 10.8. The van der Waals surface area contributed by atoms with Gasteiger partial charge in [-0.05, 0) is 36.4 Å². The Morgan fingerprint density at radius 3 is 1.51 bits per heavy atom. The maximum Gasteiger partial charge on any atom is 0.419 e. The van der Waals surface area contributed by atoms with Crippen molar-refractivity contribution in [2.75, 3.05) is 0 Å². The van der Waals surface area contributed by atoms with Crippen LogP contribution in [0.15, 0.2) is 54.6 Å². The maximum atomic E-state index is 12.9. The monoisotopic (exact) mass is 574 g/mol. The first-order valence-corrected chi connectivity index (χ1v) is 9.65. The molecule has 0 fully saturated rings. The van der Waals surface area contributed by atoms with Gasteiger partial charge in [-0.1, -0.05) is 18.2 Å². The SMILES string of the molecule is O=C(O)c1c(F)cccc1C(F)(F)F.O=C(O)c1cccc(C(F)(F)F)c1F.O=COc1c(F)cccc1F. The summed E-state index contributed by atoms with van der Waals surface area (Å²) >= 11 is 0. The van der Waals surface area contributed by atoms with Crippen LogP contribution in [0.5, 0.6) is 5.75 Å². The second-order valence-corrected chi connectivity index (χ2v) is 6.70. The Hall–Kier alpha value is -4.63. The number of carboxylic acid groups (broad SMARTS) is 2. The number of hydrogen-bond donors (Lipinski definition) is 2. The van der Waals surface area contributed by atoms with Gasteiger partial charge in [-0.15, -0.1) is 0 Å². The third-order valence-electron chi connectivity index (χ3n) is 4.15. The van der Waals surface area contributed by atoms with Crippen LogP contribution in [-0.4, -0.2) is 28.6 Å². The summed E-state index contributed by atoms with van der Waals surface area (Å²) in [5, 5.41) is 16.7. The lowest BCUT2D eigenvalue weighted by Gasteiger charge is -2.09. The van der Waals surface area contributed by atoms with Gasteiger partial charge in [0.05, 0.1) is 16.7 Å². The molecular weight excluding hydrogens is 562 g/mol. The van der Waals surface area contributed by atoms with E-state index in [9.17, 15) is 58.3 Å². The smallest absolute Gasteiger partial charge is 0.419 e. The molecule has 6 nitrogen and oxygen atoms in total. The Morgan fingerprint density at radius 2 is 1.10 bits per heavy atom. The van der Waals surface area contributed by atoms with Crippen molar-refractivity contribution in [2.24, 2.45) is 0 Å². The van der Waals surface area contributed by atoms with Crippen molar-refractivity contribution in [3.05, 3.63) is 100 Å². The molecule has 2 N–H and O–H groups in total. The zero-order valence-electron chi connectivity index (χ0n) is 18.6. The van der Waals surface area contributed by atoms with Gasteiger partial charge in [0.1, 0.15) is 17.2 Å². The van der Waals surface area contributed by atoms with Crippen LogP contribution in [0.25, 0.3) is 0 Å². The maximum absolute atomic E-state index is 12.9. The summed E-state index contributed by atoms with van der Waals surface area (Å²) in [5.74, 6) is -9.26. The minimum Gasteiger partial charge on any atom is -0.478 e. The van der Waals surface area contributed by atoms with Gasteiger partial charge in [-0.25, -0.2) is 27.2 Å². The molecule has 0 heterocycles. The first kappa shape index (κ1) is 32.4. The lowest BCUT2D eigenvalue weighted by atomic mass is 10.1. The fraction of sp³-hybridized carbons (Fsp3) is 0.0870. The summed E-state index contributed by atoms with van der Waals surface area (Å²) in [5.41, 5.74) is -5.39. The molecule has 0 unspecified atom stereocenters. The minimum atomic E-state index is -4.88. The largest absolute Gasteiger partial charge is 0.478 e. The molecule has 0 aromatic heterocycles. The number of benzene rings is 3. The second kappa shape index (κ2) is 13.3. The molecule has 16 heteroatoms. The summed E-state index contributed by atoms with van der Waals surface area (Å²) in [6, 6.07) is 7.28. The van der Waals surface area contributed by atoms with E-state index in [0.717, 1.165) is 30.3 Å². The highest BCUT2D eigenvalue weighted by molar-refractivity contribution is 5.90. The predicted molar refractivity (Wildman–Crippen MR) is 110 cm³/mol. The molecule has 0 bridgehead atoms. The number of halogens is 10. The lowest BCUT2D eigenvalue weighted by Crippen LogP contribution is -2.14. The zero-order chi connectivity index (χ0) is 30.1. The van der Waals surface area contributed by atoms with E-state index in [1.54, 1.807) is 0 Å². The number of rotatable bonds is 4. The molecule has 0 saturated carbocycles. The molecule has 210 valence electrons. The predicted octanol–water partition coefficient (Wildman–Crippen LogP) is 6.59. The van der Waals surface area contributed by atoms with Gasteiger partial charge in [0.25, 0.3) is 6.47 Å². The Kier molecular flexibility index (Phi) is 11.0. The molecule has 3 rings (SSSR count). The third-order valence-corrected chi connectivity index (χ3v) is 4.15. The molecule has 0 saturated heterocycles. The summed E-state index contributed by atoms with van der Waals surface area (Å²) in [4.78, 5) is 30.4. The van der Waals surface area contributed by atoms with Crippen LogP contribution in [0.1, 0.15) is 31.8 Å². The van der Waals surface area contributed by atoms with E-state index in [1.807, 2.05) is 0 Å². The van der Waals surface area contributed by atoms with Crippen molar-refractivity contribution < 1.29 is 73.2 Å². The molecule has 0 atom stereocenters. The van der Waals surface area contributed by atoms with Crippen molar-refractivity contribution in [3.63, 3.8) is 0 Å². The number of ether oxygens (including phenoxy) is 1. The number of carbonyl (C=O) groups excluding carboxylic acids is 1. The fourth-order valence-electron chi connectivity index (χ4n) is 2.54. The molecule has 3 aromatic rings. The first-order valence-electron chi connectivity index (χ1n) is 9.65. The standard InChI is InChI=1S/2C8H4F4O2.C7H4F2O2/c9-5-3-1-2-4(8(10,11)12)6(5)7(13)14;9-6-4(7(13)14)2-1-3-5(6)8(10,11)12;8-5-2-1-3-6(9)7(5)11-4-10/h2*1-3H,(H,13,14);1-4H. The van der Waals surface area contributed by atoms with Gasteiger partial charge in [0.2, 0.25) is 5.75 Å². The second-order valence-electron chi connectivity index (χ2n) is 6.70. The number of carboxylic acids is 2. The van der Waals surface area contributed by atoms with Gasteiger partial charge >= 0.3 is 24.3 Å². The van der Waals surface area contributed by atoms with Crippen LogP contribution < -0.4 is 4.74 Å². The highest BCUT2D eigenvalue weighted by Crippen LogP contribution is 2.33. The van der Waals surface area contributed by atoms with E-state index in [2.05, 4.69) is 4.74 Å². The van der Waals surface area contributed by atoms with Crippen molar-refractivity contribution in [1.82, 2.24) is 0 Å². The highest BCUT2D eigenvalue weighted by Gasteiger charge is 2.37. The van der Waals surface area contributed by atoms with E-state index in [-0.39, 0.29) is 6.47 Å². The van der Waals surface area contributed by atoms with E-state index < -0.39 is 75.6 Å². The lowest BCUT2D eigenvalue weighted by molar-refractivity contribution is -0.140. The average molecular weight is 574 g/mol. The van der Waals surface area contributed by atoms with Gasteiger partial charge in [0.15, 0.2) is 11.6 Å². The molecular formula is C23H12F10O6. The average Bonchev–Trinajstić information content (AvgIpc) is 2.80. The van der Waals surface area contributed by atoms with Crippen LogP contribution in [0.2, 0.25) is 0 Å². The Labute approximate surface area is 210 Å². The Balaban J connectivity index is 0.000000295.